The lowest BCUT2D eigenvalue weighted by Gasteiger charge is -2.21. The van der Waals surface area contributed by atoms with Crippen molar-refractivity contribution >= 4 is 17.5 Å². The maximum Gasteiger partial charge on any atom is 0.416 e. The van der Waals surface area contributed by atoms with Gasteiger partial charge < -0.3 is 9.64 Å². The molecule has 0 saturated carbocycles. The van der Waals surface area contributed by atoms with E-state index in [0.29, 0.717) is 6.61 Å². The molecule has 0 N–H and O–H groups in total. The molecule has 0 atom stereocenters. The van der Waals surface area contributed by atoms with Gasteiger partial charge in [0, 0.05) is 31.6 Å². The minimum absolute atomic E-state index is 0.0129. The van der Waals surface area contributed by atoms with Crippen LogP contribution in [-0.2, 0) is 10.9 Å². The Bertz CT molecular complexity index is 451. The topological polar surface area (TPSA) is 29.5 Å². The monoisotopic (exact) mass is 309 g/mol. The van der Waals surface area contributed by atoms with Gasteiger partial charge in [-0.3, -0.25) is 4.79 Å². The van der Waals surface area contributed by atoms with E-state index >= 15 is 0 Å². The number of nitrogens with zero attached hydrogens (tertiary/aromatic N) is 1. The zero-order chi connectivity index (χ0) is 15.2. The molecule has 0 radical (unpaired) electrons. The SMILES string of the molecule is COCCN(CCCl)C(=O)c1cccc(C(F)(F)F)c1. The molecular weight excluding hydrogens is 295 g/mol. The first-order valence-electron chi connectivity index (χ1n) is 5.91. The molecule has 0 aromatic heterocycles. The van der Waals surface area contributed by atoms with Gasteiger partial charge in [-0.15, -0.1) is 11.6 Å². The summed E-state index contributed by atoms with van der Waals surface area (Å²) in [6.45, 7) is 0.819. The van der Waals surface area contributed by atoms with Gasteiger partial charge in [-0.05, 0) is 18.2 Å². The van der Waals surface area contributed by atoms with Crippen LogP contribution in [0, 0.1) is 0 Å². The maximum absolute atomic E-state index is 12.6. The van der Waals surface area contributed by atoms with Crippen LogP contribution in [0.1, 0.15) is 15.9 Å². The Morgan fingerprint density at radius 3 is 2.60 bits per heavy atom. The van der Waals surface area contributed by atoms with Crippen LogP contribution in [0.4, 0.5) is 13.2 Å². The fraction of sp³-hybridized carbons (Fsp3) is 0.462. The van der Waals surface area contributed by atoms with Crippen LogP contribution in [0.5, 0.6) is 0 Å². The summed E-state index contributed by atoms with van der Waals surface area (Å²) in [6, 6.07) is 4.34. The molecule has 1 rings (SSSR count). The van der Waals surface area contributed by atoms with Crippen molar-refractivity contribution in [3.05, 3.63) is 35.4 Å². The summed E-state index contributed by atoms with van der Waals surface area (Å²) in [5, 5.41) is 0. The van der Waals surface area contributed by atoms with E-state index in [1.165, 1.54) is 24.1 Å². The summed E-state index contributed by atoms with van der Waals surface area (Å²) in [6.07, 6.45) is -4.47. The van der Waals surface area contributed by atoms with Crippen molar-refractivity contribution in [2.45, 2.75) is 6.18 Å². The lowest BCUT2D eigenvalue weighted by Crippen LogP contribution is -2.35. The average molecular weight is 310 g/mol. The van der Waals surface area contributed by atoms with Crippen LogP contribution in [0.25, 0.3) is 0 Å². The highest BCUT2D eigenvalue weighted by atomic mass is 35.5. The Balaban J connectivity index is 2.93. The number of hydrogen-bond donors (Lipinski definition) is 0. The highest BCUT2D eigenvalue weighted by Gasteiger charge is 2.31. The molecule has 0 aliphatic carbocycles. The second kappa shape index (κ2) is 7.50. The molecule has 0 saturated heterocycles. The summed E-state index contributed by atoms with van der Waals surface area (Å²) in [4.78, 5) is 13.5. The molecule has 0 aliphatic heterocycles. The Hall–Kier alpha value is -1.27. The second-order valence-electron chi connectivity index (χ2n) is 4.05. The van der Waals surface area contributed by atoms with E-state index in [4.69, 9.17) is 16.3 Å². The highest BCUT2D eigenvalue weighted by molar-refractivity contribution is 6.18. The fourth-order valence-corrected chi connectivity index (χ4v) is 1.83. The number of ether oxygens (including phenoxy) is 1. The van der Waals surface area contributed by atoms with E-state index in [1.807, 2.05) is 0 Å². The van der Waals surface area contributed by atoms with E-state index in [0.717, 1.165) is 12.1 Å². The summed E-state index contributed by atoms with van der Waals surface area (Å²) in [7, 11) is 1.48. The quantitative estimate of drug-likeness (QED) is 0.756. The third-order valence-corrected chi connectivity index (χ3v) is 2.81. The first kappa shape index (κ1) is 16.8. The number of amides is 1. The number of rotatable bonds is 6. The molecule has 1 aromatic rings. The Labute approximate surface area is 120 Å². The summed E-state index contributed by atoms with van der Waals surface area (Å²) in [5.41, 5.74) is -0.859. The van der Waals surface area contributed by atoms with Crippen LogP contribution in [0.2, 0.25) is 0 Å². The van der Waals surface area contributed by atoms with E-state index in [1.54, 1.807) is 0 Å². The molecule has 112 valence electrons. The summed E-state index contributed by atoms with van der Waals surface area (Å²) < 4.78 is 42.7. The first-order valence-corrected chi connectivity index (χ1v) is 6.45. The fourth-order valence-electron chi connectivity index (χ4n) is 1.63. The van der Waals surface area contributed by atoms with Gasteiger partial charge in [-0.25, -0.2) is 0 Å². The largest absolute Gasteiger partial charge is 0.416 e. The molecule has 0 bridgehead atoms. The minimum atomic E-state index is -4.47. The van der Waals surface area contributed by atoms with Crippen molar-refractivity contribution in [2.75, 3.05) is 32.7 Å². The molecule has 0 fully saturated rings. The summed E-state index contributed by atoms with van der Waals surface area (Å²) in [5.74, 6) is -0.289. The van der Waals surface area contributed by atoms with E-state index < -0.39 is 17.6 Å². The number of halogens is 4. The Morgan fingerprint density at radius 2 is 2.05 bits per heavy atom. The molecule has 1 aromatic carbocycles. The number of hydrogen-bond acceptors (Lipinski definition) is 2. The van der Waals surface area contributed by atoms with Gasteiger partial charge in [0.15, 0.2) is 0 Å². The molecule has 0 unspecified atom stereocenters. The predicted molar refractivity (Wildman–Crippen MR) is 69.9 cm³/mol. The van der Waals surface area contributed by atoms with Gasteiger partial charge in [0.1, 0.15) is 0 Å². The number of carbonyl (C=O) groups is 1. The van der Waals surface area contributed by atoms with E-state index in [2.05, 4.69) is 0 Å². The molecule has 0 aliphatic rings. The highest BCUT2D eigenvalue weighted by Crippen LogP contribution is 2.29. The lowest BCUT2D eigenvalue weighted by molar-refractivity contribution is -0.137. The lowest BCUT2D eigenvalue weighted by atomic mass is 10.1. The van der Waals surface area contributed by atoms with Gasteiger partial charge in [-0.2, -0.15) is 13.2 Å². The maximum atomic E-state index is 12.6. The molecule has 7 heteroatoms. The van der Waals surface area contributed by atoms with Gasteiger partial charge >= 0.3 is 6.18 Å². The van der Waals surface area contributed by atoms with Gasteiger partial charge in [0.05, 0.1) is 12.2 Å². The van der Waals surface area contributed by atoms with Gasteiger partial charge in [-0.1, -0.05) is 6.07 Å². The Kier molecular flexibility index (Phi) is 6.29. The molecule has 0 heterocycles. The van der Waals surface area contributed by atoms with Crippen LogP contribution in [-0.4, -0.2) is 43.5 Å². The minimum Gasteiger partial charge on any atom is -0.383 e. The average Bonchev–Trinajstić information content (AvgIpc) is 2.42. The van der Waals surface area contributed by atoms with Crippen LogP contribution in [0.3, 0.4) is 0 Å². The molecular formula is C13H15ClF3NO2. The number of carbonyl (C=O) groups excluding carboxylic acids is 1. The molecule has 1 amide bonds. The predicted octanol–water partition coefficient (Wildman–Crippen LogP) is 3.03. The molecule has 20 heavy (non-hydrogen) atoms. The first-order chi connectivity index (χ1) is 9.40. The van der Waals surface area contributed by atoms with Crippen molar-refractivity contribution in [3.8, 4) is 0 Å². The van der Waals surface area contributed by atoms with Gasteiger partial charge in [0.25, 0.3) is 5.91 Å². The van der Waals surface area contributed by atoms with Crippen LogP contribution in [0.15, 0.2) is 24.3 Å². The number of methoxy groups -OCH3 is 1. The third kappa shape index (κ3) is 4.68. The van der Waals surface area contributed by atoms with Gasteiger partial charge in [0.2, 0.25) is 0 Å². The second-order valence-corrected chi connectivity index (χ2v) is 4.43. The van der Waals surface area contributed by atoms with Crippen molar-refractivity contribution in [2.24, 2.45) is 0 Å². The number of benzene rings is 1. The zero-order valence-electron chi connectivity index (χ0n) is 10.9. The molecule has 3 nitrogen and oxygen atoms in total. The third-order valence-electron chi connectivity index (χ3n) is 2.64. The van der Waals surface area contributed by atoms with E-state index in [9.17, 15) is 18.0 Å². The van der Waals surface area contributed by atoms with Crippen molar-refractivity contribution in [1.29, 1.82) is 0 Å². The van der Waals surface area contributed by atoms with Crippen molar-refractivity contribution in [1.82, 2.24) is 4.90 Å². The normalized spacial score (nSPS) is 11.4. The van der Waals surface area contributed by atoms with Crippen molar-refractivity contribution < 1.29 is 22.7 Å². The van der Waals surface area contributed by atoms with Crippen LogP contribution >= 0.6 is 11.6 Å². The molecule has 0 spiro atoms. The van der Waals surface area contributed by atoms with E-state index in [-0.39, 0.29) is 24.5 Å². The summed E-state index contributed by atoms with van der Waals surface area (Å²) >= 11 is 5.60. The Morgan fingerprint density at radius 1 is 1.35 bits per heavy atom. The smallest absolute Gasteiger partial charge is 0.383 e. The standard InChI is InChI=1S/C13H15ClF3NO2/c1-20-8-7-18(6-5-14)12(19)10-3-2-4-11(9-10)13(15,16)17/h2-4,9H,5-8H2,1H3. The zero-order valence-corrected chi connectivity index (χ0v) is 11.7. The van der Waals surface area contributed by atoms with Crippen LogP contribution < -0.4 is 0 Å². The number of alkyl halides is 4. The van der Waals surface area contributed by atoms with Crippen molar-refractivity contribution in [3.63, 3.8) is 0 Å².